The maximum absolute atomic E-state index is 5.86. The summed E-state index contributed by atoms with van der Waals surface area (Å²) in [6, 6.07) is 4.13. The van der Waals surface area contributed by atoms with Gasteiger partial charge in [0.1, 0.15) is 0 Å². The highest BCUT2D eigenvalue weighted by atomic mass is 35.6. The molecule has 0 atom stereocenters. The van der Waals surface area contributed by atoms with Crippen LogP contribution in [-0.4, -0.2) is 8.11 Å². The van der Waals surface area contributed by atoms with Crippen LogP contribution >= 0.6 is 22.4 Å². The molecule has 3 heteroatoms. The van der Waals surface area contributed by atoms with E-state index in [1.807, 2.05) is 6.07 Å². The summed E-state index contributed by atoms with van der Waals surface area (Å²) >= 11 is 7.60. The van der Waals surface area contributed by atoms with E-state index in [4.69, 9.17) is 11.1 Å². The van der Waals surface area contributed by atoms with Crippen molar-refractivity contribution < 1.29 is 0 Å². The second-order valence-electron chi connectivity index (χ2n) is 1.51. The van der Waals surface area contributed by atoms with Crippen molar-refractivity contribution in [1.29, 1.82) is 0 Å². The van der Waals surface area contributed by atoms with Crippen LogP contribution in [-0.2, 0) is 0 Å². The molecule has 0 aromatic carbocycles. The van der Waals surface area contributed by atoms with Crippen molar-refractivity contribution in [3.8, 4) is 0 Å². The predicted molar refractivity (Wildman–Crippen MR) is 41.4 cm³/mol. The van der Waals surface area contributed by atoms with Gasteiger partial charge in [-0.15, -0.1) is 0 Å². The summed E-state index contributed by atoms with van der Waals surface area (Å²) < 4.78 is 1.34. The second-order valence-corrected chi connectivity index (χ2v) is 6.13. The van der Waals surface area contributed by atoms with Gasteiger partial charge in [-0.2, -0.15) is 22.4 Å². The van der Waals surface area contributed by atoms with E-state index in [0.29, 0.717) is 0 Å². The normalized spacial score (nSPS) is 10.4. The first kappa shape index (κ1) is 6.33. The van der Waals surface area contributed by atoms with Gasteiger partial charge in [0.2, 0.25) is 8.11 Å². The van der Waals surface area contributed by atoms with Gasteiger partial charge < -0.3 is 0 Å². The average molecular weight is 162 g/mol. The molecule has 0 N–H and O–H groups in total. The van der Waals surface area contributed by atoms with Gasteiger partial charge in [0.15, 0.2) is 0 Å². The van der Waals surface area contributed by atoms with Gasteiger partial charge in [-0.3, -0.25) is 0 Å². The van der Waals surface area contributed by atoms with Gasteiger partial charge in [0, 0.05) is 4.50 Å². The standard InChI is InChI=1S/C5H6ClSSi/c1-8(6)5-3-2-4-7-5/h2-4H,1H3. The number of hydrogen-bond donors (Lipinski definition) is 0. The molecule has 0 aliphatic rings. The maximum atomic E-state index is 5.86. The molecule has 0 fully saturated rings. The molecule has 0 saturated carbocycles. The van der Waals surface area contributed by atoms with Crippen LogP contribution in [0.1, 0.15) is 0 Å². The summed E-state index contributed by atoms with van der Waals surface area (Å²) in [6.45, 7) is 2.08. The molecule has 1 rings (SSSR count). The topological polar surface area (TPSA) is 0 Å². The first-order valence-electron chi connectivity index (χ1n) is 2.33. The van der Waals surface area contributed by atoms with Gasteiger partial charge in [0.05, 0.1) is 0 Å². The molecule has 0 unspecified atom stereocenters. The first-order chi connectivity index (χ1) is 3.80. The van der Waals surface area contributed by atoms with Gasteiger partial charge in [-0.25, -0.2) is 0 Å². The van der Waals surface area contributed by atoms with Crippen molar-refractivity contribution in [2.45, 2.75) is 6.55 Å². The zero-order chi connectivity index (χ0) is 5.98. The summed E-state index contributed by atoms with van der Waals surface area (Å²) in [7, 11) is -0.678. The van der Waals surface area contributed by atoms with Gasteiger partial charge >= 0.3 is 0 Å². The molecule has 0 saturated heterocycles. The molecule has 1 aromatic heterocycles. The Morgan fingerprint density at radius 2 is 2.50 bits per heavy atom. The summed E-state index contributed by atoms with van der Waals surface area (Å²) in [5.41, 5.74) is 0. The Morgan fingerprint density at radius 3 is 2.75 bits per heavy atom. The minimum Gasteiger partial charge on any atom is -0.162 e. The lowest BCUT2D eigenvalue weighted by Crippen LogP contribution is -2.14. The summed E-state index contributed by atoms with van der Waals surface area (Å²) in [5.74, 6) is 0. The Hall–Kier alpha value is 0.207. The molecule has 43 valence electrons. The van der Waals surface area contributed by atoms with Gasteiger partial charge in [-0.1, -0.05) is 18.7 Å². The minimum absolute atomic E-state index is 0.678. The Morgan fingerprint density at radius 1 is 1.75 bits per heavy atom. The van der Waals surface area contributed by atoms with Crippen LogP contribution in [0.2, 0.25) is 6.55 Å². The third-order valence-corrected chi connectivity index (χ3v) is 4.61. The van der Waals surface area contributed by atoms with E-state index in [2.05, 4.69) is 18.0 Å². The van der Waals surface area contributed by atoms with Crippen molar-refractivity contribution >= 4 is 35.0 Å². The maximum Gasteiger partial charge on any atom is 0.207 e. The summed E-state index contributed by atoms with van der Waals surface area (Å²) in [5, 5.41) is 2.06. The molecule has 1 aromatic rings. The fraction of sp³-hybridized carbons (Fsp3) is 0.200. The third-order valence-electron chi connectivity index (χ3n) is 0.861. The predicted octanol–water partition coefficient (Wildman–Crippen LogP) is 1.82. The smallest absolute Gasteiger partial charge is 0.162 e. The van der Waals surface area contributed by atoms with Crippen molar-refractivity contribution in [3.05, 3.63) is 17.5 Å². The number of halogens is 1. The fourth-order valence-corrected chi connectivity index (χ4v) is 2.70. The van der Waals surface area contributed by atoms with Crippen LogP contribution in [0.5, 0.6) is 0 Å². The zero-order valence-electron chi connectivity index (χ0n) is 4.52. The van der Waals surface area contributed by atoms with E-state index < -0.39 is 8.11 Å². The SMILES string of the molecule is C[Si](Cl)c1cccs1. The Bertz CT molecular complexity index is 147. The van der Waals surface area contributed by atoms with Gasteiger partial charge in [0.25, 0.3) is 0 Å². The highest BCUT2D eigenvalue weighted by Crippen LogP contribution is 1.98. The summed E-state index contributed by atoms with van der Waals surface area (Å²) in [6.07, 6.45) is 0. The lowest BCUT2D eigenvalue weighted by atomic mass is 10.7. The van der Waals surface area contributed by atoms with E-state index in [-0.39, 0.29) is 0 Å². The highest BCUT2D eigenvalue weighted by molar-refractivity contribution is 7.31. The molecule has 1 heterocycles. The fourth-order valence-electron chi connectivity index (χ4n) is 0.475. The van der Waals surface area contributed by atoms with E-state index in [1.54, 1.807) is 11.3 Å². The molecule has 0 bridgehead atoms. The molecule has 0 amide bonds. The highest BCUT2D eigenvalue weighted by Gasteiger charge is 2.02. The Balaban J connectivity index is 2.77. The average Bonchev–Trinajstić information content (AvgIpc) is 2.12. The lowest BCUT2D eigenvalue weighted by Gasteiger charge is -1.89. The van der Waals surface area contributed by atoms with Crippen molar-refractivity contribution in [2.24, 2.45) is 0 Å². The van der Waals surface area contributed by atoms with Crippen LogP contribution in [0, 0.1) is 0 Å². The first-order valence-corrected chi connectivity index (χ1v) is 6.23. The van der Waals surface area contributed by atoms with Crippen LogP contribution in [0.4, 0.5) is 0 Å². The van der Waals surface area contributed by atoms with Crippen LogP contribution in [0.15, 0.2) is 17.5 Å². The lowest BCUT2D eigenvalue weighted by molar-refractivity contribution is 2.05. The molecule has 0 nitrogen and oxygen atoms in total. The molecule has 1 radical (unpaired) electrons. The second kappa shape index (κ2) is 2.67. The van der Waals surface area contributed by atoms with E-state index in [0.717, 1.165) is 0 Å². The zero-order valence-corrected chi connectivity index (χ0v) is 7.09. The molecule has 0 aliphatic carbocycles. The van der Waals surface area contributed by atoms with Gasteiger partial charge in [-0.05, 0) is 5.38 Å². The monoisotopic (exact) mass is 161 g/mol. The Kier molecular flexibility index (Phi) is 2.11. The third kappa shape index (κ3) is 1.34. The van der Waals surface area contributed by atoms with E-state index in [1.165, 1.54) is 4.50 Å². The van der Waals surface area contributed by atoms with E-state index in [9.17, 15) is 0 Å². The molecule has 0 aliphatic heterocycles. The molecule has 8 heavy (non-hydrogen) atoms. The quantitative estimate of drug-likeness (QED) is 0.436. The molecule has 0 spiro atoms. The van der Waals surface area contributed by atoms with Crippen molar-refractivity contribution in [1.82, 2.24) is 0 Å². The minimum atomic E-state index is -0.678. The van der Waals surface area contributed by atoms with Crippen LogP contribution < -0.4 is 4.50 Å². The number of hydrogen-bond acceptors (Lipinski definition) is 1. The van der Waals surface area contributed by atoms with Crippen LogP contribution in [0.3, 0.4) is 0 Å². The summed E-state index contributed by atoms with van der Waals surface area (Å²) in [4.78, 5) is 0. The van der Waals surface area contributed by atoms with E-state index >= 15 is 0 Å². The number of thiophene rings is 1. The van der Waals surface area contributed by atoms with Crippen molar-refractivity contribution in [2.75, 3.05) is 0 Å². The Labute approximate surface area is 59.4 Å². The largest absolute Gasteiger partial charge is 0.207 e. The van der Waals surface area contributed by atoms with Crippen LogP contribution in [0.25, 0.3) is 0 Å². The molecular weight excluding hydrogens is 156 g/mol. The number of rotatable bonds is 1. The van der Waals surface area contributed by atoms with Crippen molar-refractivity contribution in [3.63, 3.8) is 0 Å². The molecular formula is C5H6ClSSi.